The van der Waals surface area contributed by atoms with Gasteiger partial charge in [-0.25, -0.2) is 0 Å². The van der Waals surface area contributed by atoms with Gasteiger partial charge in [-0.15, -0.1) is 0 Å². The van der Waals surface area contributed by atoms with Gasteiger partial charge in [0.15, 0.2) is 0 Å². The summed E-state index contributed by atoms with van der Waals surface area (Å²) in [5, 5.41) is 17.4. The molecule has 0 saturated carbocycles. The number of nitriles is 2. The van der Waals surface area contributed by atoms with E-state index >= 15 is 0 Å². The number of nitrogens with two attached hydrogens (primary N) is 1. The van der Waals surface area contributed by atoms with Crippen molar-refractivity contribution in [2.75, 3.05) is 18.0 Å². The zero-order valence-corrected chi connectivity index (χ0v) is 9.93. The lowest BCUT2D eigenvalue weighted by molar-refractivity contribution is 0.698. The van der Waals surface area contributed by atoms with Crippen LogP contribution in [0.2, 0.25) is 0 Å². The molecule has 0 fully saturated rings. The third kappa shape index (κ3) is 3.48. The summed E-state index contributed by atoms with van der Waals surface area (Å²) in [6, 6.07) is 11.8. The summed E-state index contributed by atoms with van der Waals surface area (Å²) in [6.07, 6.45) is 0.888. The zero-order chi connectivity index (χ0) is 12.7. The Kier molecular flexibility index (Phi) is 5.00. The average Bonchev–Trinajstić information content (AvgIpc) is 2.38. The summed E-state index contributed by atoms with van der Waals surface area (Å²) in [5.41, 5.74) is 7.87. The van der Waals surface area contributed by atoms with Crippen molar-refractivity contribution in [3.8, 4) is 12.1 Å². The smallest absolute Gasteiger partial charge is 0.106 e. The summed E-state index contributed by atoms with van der Waals surface area (Å²) in [7, 11) is 0. The number of hydrogen-bond acceptors (Lipinski definition) is 4. The van der Waals surface area contributed by atoms with Gasteiger partial charge in [0, 0.05) is 11.7 Å². The van der Waals surface area contributed by atoms with Gasteiger partial charge in [0.1, 0.15) is 13.1 Å². The molecule has 0 aliphatic rings. The van der Waals surface area contributed by atoms with Gasteiger partial charge in [-0.05, 0) is 24.1 Å². The fourth-order valence-corrected chi connectivity index (χ4v) is 1.58. The van der Waals surface area contributed by atoms with E-state index < -0.39 is 0 Å². The molecule has 0 bridgehead atoms. The topological polar surface area (TPSA) is 76.8 Å². The first kappa shape index (κ1) is 13.0. The number of benzene rings is 1. The van der Waals surface area contributed by atoms with E-state index in [1.54, 1.807) is 4.90 Å². The second kappa shape index (κ2) is 6.52. The first-order chi connectivity index (χ1) is 8.22. The van der Waals surface area contributed by atoms with Crippen LogP contribution >= 0.6 is 0 Å². The predicted molar refractivity (Wildman–Crippen MR) is 67.1 cm³/mol. The van der Waals surface area contributed by atoms with Crippen LogP contribution in [-0.2, 0) is 0 Å². The highest BCUT2D eigenvalue weighted by Gasteiger charge is 2.07. The van der Waals surface area contributed by atoms with E-state index in [2.05, 4.69) is 0 Å². The van der Waals surface area contributed by atoms with Crippen LogP contribution in [0.1, 0.15) is 24.9 Å². The highest BCUT2D eigenvalue weighted by molar-refractivity contribution is 5.49. The SMILES string of the molecule is CC[C@H](N)c1ccc(N(CC#N)CC#N)cc1. The molecule has 0 spiro atoms. The van der Waals surface area contributed by atoms with Crippen molar-refractivity contribution < 1.29 is 0 Å². The predicted octanol–water partition coefficient (Wildman–Crippen LogP) is 1.95. The van der Waals surface area contributed by atoms with Crippen LogP contribution in [0.5, 0.6) is 0 Å². The Bertz CT molecular complexity index is 408. The van der Waals surface area contributed by atoms with Crippen molar-refractivity contribution in [3.63, 3.8) is 0 Å². The first-order valence-corrected chi connectivity index (χ1v) is 5.57. The van der Waals surface area contributed by atoms with Crippen LogP contribution in [-0.4, -0.2) is 13.1 Å². The van der Waals surface area contributed by atoms with Crippen LogP contribution in [0.3, 0.4) is 0 Å². The Labute approximate surface area is 102 Å². The van der Waals surface area contributed by atoms with E-state index in [4.69, 9.17) is 16.3 Å². The van der Waals surface area contributed by atoms with Gasteiger partial charge in [0.2, 0.25) is 0 Å². The van der Waals surface area contributed by atoms with Crippen molar-refractivity contribution in [1.29, 1.82) is 10.5 Å². The molecule has 0 amide bonds. The monoisotopic (exact) mass is 228 g/mol. The molecule has 0 saturated heterocycles. The molecule has 0 aliphatic carbocycles. The molecule has 0 aromatic heterocycles. The Morgan fingerprint density at radius 1 is 1.18 bits per heavy atom. The van der Waals surface area contributed by atoms with Crippen molar-refractivity contribution in [3.05, 3.63) is 29.8 Å². The van der Waals surface area contributed by atoms with Gasteiger partial charge < -0.3 is 10.6 Å². The highest BCUT2D eigenvalue weighted by Crippen LogP contribution is 2.19. The molecule has 1 aromatic rings. The molecular formula is C13H16N4. The number of hydrogen-bond donors (Lipinski definition) is 1. The summed E-state index contributed by atoms with van der Waals surface area (Å²) in [6.45, 7) is 2.47. The fraction of sp³-hybridized carbons (Fsp3) is 0.385. The summed E-state index contributed by atoms with van der Waals surface area (Å²) in [4.78, 5) is 1.72. The molecule has 17 heavy (non-hydrogen) atoms. The van der Waals surface area contributed by atoms with Gasteiger partial charge in [0.25, 0.3) is 0 Å². The van der Waals surface area contributed by atoms with E-state index in [1.165, 1.54) is 0 Å². The van der Waals surface area contributed by atoms with E-state index in [9.17, 15) is 0 Å². The normalized spacial score (nSPS) is 11.3. The van der Waals surface area contributed by atoms with E-state index in [-0.39, 0.29) is 19.1 Å². The molecule has 4 heteroatoms. The Morgan fingerprint density at radius 3 is 2.12 bits per heavy atom. The molecule has 2 N–H and O–H groups in total. The van der Waals surface area contributed by atoms with Crippen LogP contribution in [0.25, 0.3) is 0 Å². The van der Waals surface area contributed by atoms with Gasteiger partial charge in [-0.2, -0.15) is 10.5 Å². The van der Waals surface area contributed by atoms with Gasteiger partial charge in [0.05, 0.1) is 12.1 Å². The minimum absolute atomic E-state index is 0.0458. The molecule has 1 aromatic carbocycles. The minimum atomic E-state index is 0.0458. The van der Waals surface area contributed by atoms with Crippen molar-refractivity contribution >= 4 is 5.69 Å². The molecule has 0 aliphatic heterocycles. The maximum absolute atomic E-state index is 8.68. The second-order valence-corrected chi connectivity index (χ2v) is 3.78. The van der Waals surface area contributed by atoms with Crippen LogP contribution in [0, 0.1) is 22.7 Å². The molecule has 0 radical (unpaired) electrons. The Morgan fingerprint density at radius 2 is 1.71 bits per heavy atom. The second-order valence-electron chi connectivity index (χ2n) is 3.78. The Hall–Kier alpha value is -2.04. The largest absolute Gasteiger partial charge is 0.345 e. The van der Waals surface area contributed by atoms with E-state index in [0.717, 1.165) is 17.7 Å². The van der Waals surface area contributed by atoms with E-state index in [1.807, 2.05) is 43.3 Å². The van der Waals surface area contributed by atoms with Crippen LogP contribution in [0.4, 0.5) is 5.69 Å². The van der Waals surface area contributed by atoms with Crippen molar-refractivity contribution in [2.45, 2.75) is 19.4 Å². The zero-order valence-electron chi connectivity index (χ0n) is 9.93. The first-order valence-electron chi connectivity index (χ1n) is 5.57. The molecule has 0 unspecified atom stereocenters. The number of nitrogens with zero attached hydrogens (tertiary/aromatic N) is 3. The Balaban J connectivity index is 2.85. The van der Waals surface area contributed by atoms with Crippen LogP contribution in [0.15, 0.2) is 24.3 Å². The number of anilines is 1. The molecular weight excluding hydrogens is 212 g/mol. The molecule has 0 heterocycles. The highest BCUT2D eigenvalue weighted by atomic mass is 15.1. The lowest BCUT2D eigenvalue weighted by atomic mass is 10.1. The third-order valence-corrected chi connectivity index (χ3v) is 2.65. The van der Waals surface area contributed by atoms with Gasteiger partial charge in [-0.3, -0.25) is 0 Å². The maximum atomic E-state index is 8.68. The fourth-order valence-electron chi connectivity index (χ4n) is 1.58. The van der Waals surface area contributed by atoms with Gasteiger partial charge in [-0.1, -0.05) is 19.1 Å². The van der Waals surface area contributed by atoms with Crippen molar-refractivity contribution in [1.82, 2.24) is 0 Å². The lowest BCUT2D eigenvalue weighted by Gasteiger charge is -2.19. The standard InChI is InChI=1S/C13H16N4/c1-2-13(16)11-3-5-12(6-4-11)17(9-7-14)10-8-15/h3-6,13H,2,9-10,16H2,1H3/t13-/m0/s1. The summed E-state index contributed by atoms with van der Waals surface area (Å²) in [5.74, 6) is 0. The maximum Gasteiger partial charge on any atom is 0.106 e. The number of rotatable bonds is 5. The minimum Gasteiger partial charge on any atom is -0.345 e. The average molecular weight is 228 g/mol. The van der Waals surface area contributed by atoms with Gasteiger partial charge >= 0.3 is 0 Å². The molecule has 1 rings (SSSR count). The molecule has 4 nitrogen and oxygen atoms in total. The van der Waals surface area contributed by atoms with Crippen molar-refractivity contribution in [2.24, 2.45) is 5.73 Å². The lowest BCUT2D eigenvalue weighted by Crippen LogP contribution is -2.23. The molecule has 1 atom stereocenters. The summed E-state index contributed by atoms with van der Waals surface area (Å²) >= 11 is 0. The van der Waals surface area contributed by atoms with E-state index in [0.29, 0.717) is 0 Å². The third-order valence-electron chi connectivity index (χ3n) is 2.65. The molecule has 88 valence electrons. The summed E-state index contributed by atoms with van der Waals surface area (Å²) < 4.78 is 0. The van der Waals surface area contributed by atoms with Crippen LogP contribution < -0.4 is 10.6 Å². The quantitative estimate of drug-likeness (QED) is 0.781.